The van der Waals surface area contributed by atoms with Crippen LogP contribution in [-0.2, 0) is 0 Å². The summed E-state index contributed by atoms with van der Waals surface area (Å²) in [5, 5.41) is 4.69. The van der Waals surface area contributed by atoms with Crippen molar-refractivity contribution in [3.63, 3.8) is 0 Å². The maximum atomic E-state index is 2.81. The third-order valence-corrected chi connectivity index (χ3v) is 16.5. The standard InChI is InChI=1S/C24H27NP2/c1-26(2)19-11-18-25-22-16-9-10-17-23(22)27(24(25)26,20-12-5-3-6-13-20)21-14-7-4-8-15-21/h3-10,12-17,24H,11,18-19H2,1-2H3/q+2/t24-/m0/s1. The van der Waals surface area contributed by atoms with Crippen molar-refractivity contribution < 1.29 is 0 Å². The predicted molar refractivity (Wildman–Crippen MR) is 125 cm³/mol. The zero-order chi connectivity index (χ0) is 18.5. The second kappa shape index (κ2) is 6.44. The number of benzene rings is 3. The molecule has 0 aliphatic carbocycles. The number of nitrogens with zero attached hydrogens (tertiary/aromatic N) is 1. The van der Waals surface area contributed by atoms with Crippen molar-refractivity contribution in [1.82, 2.24) is 0 Å². The first-order valence-corrected chi connectivity index (χ1v) is 14.6. The van der Waals surface area contributed by atoms with Crippen LogP contribution in [0.15, 0.2) is 84.9 Å². The van der Waals surface area contributed by atoms with E-state index in [0.29, 0.717) is 5.52 Å². The Labute approximate surface area is 164 Å². The summed E-state index contributed by atoms with van der Waals surface area (Å²) in [5.74, 6) is 0. The molecule has 3 aromatic carbocycles. The van der Waals surface area contributed by atoms with Crippen LogP contribution in [0.1, 0.15) is 6.42 Å². The molecule has 0 bridgehead atoms. The van der Waals surface area contributed by atoms with E-state index in [2.05, 4.69) is 103 Å². The van der Waals surface area contributed by atoms with Gasteiger partial charge in [0.2, 0.25) is 0 Å². The molecule has 0 radical (unpaired) electrons. The Morgan fingerprint density at radius 3 is 1.93 bits per heavy atom. The molecule has 2 heterocycles. The monoisotopic (exact) mass is 391 g/mol. The fourth-order valence-corrected chi connectivity index (χ4v) is 17.2. The number of hydrogen-bond acceptors (Lipinski definition) is 1. The summed E-state index contributed by atoms with van der Waals surface area (Å²) >= 11 is 0. The van der Waals surface area contributed by atoms with Crippen LogP contribution in [0.2, 0.25) is 0 Å². The molecule has 136 valence electrons. The molecule has 2 aliphatic rings. The average molecular weight is 391 g/mol. The van der Waals surface area contributed by atoms with E-state index < -0.39 is 14.5 Å². The fraction of sp³-hybridized carbons (Fsp3) is 0.250. The van der Waals surface area contributed by atoms with E-state index in [-0.39, 0.29) is 0 Å². The lowest BCUT2D eigenvalue weighted by atomic mass is 10.3. The highest BCUT2D eigenvalue weighted by Crippen LogP contribution is 2.81. The van der Waals surface area contributed by atoms with Crippen LogP contribution in [0.25, 0.3) is 0 Å². The lowest BCUT2D eigenvalue weighted by Gasteiger charge is -2.41. The molecule has 5 rings (SSSR count). The SMILES string of the molecule is C[P+]1(C)CCCN2c3ccccc3[P+](c3ccccc3)(c3ccccc3)[C@@H]21. The molecule has 0 spiro atoms. The van der Waals surface area contributed by atoms with Gasteiger partial charge in [-0.2, -0.15) is 0 Å². The minimum atomic E-state index is -1.72. The van der Waals surface area contributed by atoms with Gasteiger partial charge in [0, 0.05) is 6.54 Å². The average Bonchev–Trinajstić information content (AvgIpc) is 3.02. The molecule has 0 N–H and O–H groups in total. The summed E-state index contributed by atoms with van der Waals surface area (Å²) in [7, 11) is -2.82. The maximum absolute atomic E-state index is 2.81. The Morgan fingerprint density at radius 1 is 0.741 bits per heavy atom. The van der Waals surface area contributed by atoms with E-state index in [1.165, 1.54) is 24.8 Å². The van der Waals surface area contributed by atoms with Crippen molar-refractivity contribution >= 4 is 36.1 Å². The minimum Gasteiger partial charge on any atom is -0.302 e. The van der Waals surface area contributed by atoms with E-state index in [1.807, 2.05) is 0 Å². The highest BCUT2D eigenvalue weighted by atomic mass is 31.2. The maximum Gasteiger partial charge on any atom is 0.254 e. The van der Waals surface area contributed by atoms with Crippen LogP contribution < -0.4 is 20.8 Å². The lowest BCUT2D eigenvalue weighted by Crippen LogP contribution is -2.45. The second-order valence-corrected chi connectivity index (χ2v) is 16.6. The molecule has 2 aliphatic heterocycles. The molecule has 1 atom stereocenters. The quantitative estimate of drug-likeness (QED) is 0.569. The molecule has 0 aromatic heterocycles. The topological polar surface area (TPSA) is 3.24 Å². The molecular weight excluding hydrogens is 364 g/mol. The number of hydrogen-bond donors (Lipinski definition) is 0. The Morgan fingerprint density at radius 2 is 1.30 bits per heavy atom. The summed E-state index contributed by atoms with van der Waals surface area (Å²) in [4.78, 5) is 2.81. The zero-order valence-electron chi connectivity index (χ0n) is 16.1. The Hall–Kier alpha value is -1.68. The van der Waals surface area contributed by atoms with Gasteiger partial charge in [-0.1, -0.05) is 48.5 Å². The highest BCUT2D eigenvalue weighted by molar-refractivity contribution is 8.05. The lowest BCUT2D eigenvalue weighted by molar-refractivity contribution is 0.788. The molecule has 1 fully saturated rings. The molecule has 0 amide bonds. The third-order valence-electron chi connectivity index (χ3n) is 6.28. The molecule has 27 heavy (non-hydrogen) atoms. The molecule has 0 saturated carbocycles. The van der Waals surface area contributed by atoms with Crippen molar-refractivity contribution in [2.45, 2.75) is 11.9 Å². The first-order chi connectivity index (χ1) is 13.2. The molecular formula is C24H27NP2+2. The zero-order valence-corrected chi connectivity index (χ0v) is 17.9. The van der Waals surface area contributed by atoms with Crippen molar-refractivity contribution in [2.24, 2.45) is 0 Å². The van der Waals surface area contributed by atoms with Gasteiger partial charge in [0.25, 0.3) is 5.52 Å². The van der Waals surface area contributed by atoms with Crippen LogP contribution in [0.4, 0.5) is 5.69 Å². The first kappa shape index (κ1) is 17.4. The number of fused-ring (bicyclic) bond motifs is 3. The summed E-state index contributed by atoms with van der Waals surface area (Å²) in [6.45, 7) is 6.42. The first-order valence-electron chi connectivity index (χ1n) is 9.84. The number of rotatable bonds is 2. The highest BCUT2D eigenvalue weighted by Gasteiger charge is 2.70. The molecule has 0 unspecified atom stereocenters. The van der Waals surface area contributed by atoms with Crippen molar-refractivity contribution in [3.8, 4) is 0 Å². The van der Waals surface area contributed by atoms with Crippen LogP contribution in [0.5, 0.6) is 0 Å². The van der Waals surface area contributed by atoms with Crippen LogP contribution >= 0.6 is 14.5 Å². The molecule has 1 nitrogen and oxygen atoms in total. The largest absolute Gasteiger partial charge is 0.302 e. The van der Waals surface area contributed by atoms with Crippen LogP contribution in [-0.4, -0.2) is 31.6 Å². The summed E-state index contributed by atoms with van der Waals surface area (Å²) < 4.78 is 0. The normalized spacial score (nSPS) is 22.1. The van der Waals surface area contributed by atoms with E-state index in [4.69, 9.17) is 0 Å². The van der Waals surface area contributed by atoms with Crippen molar-refractivity contribution in [3.05, 3.63) is 84.9 Å². The fourth-order valence-electron chi connectivity index (χ4n) is 5.33. The van der Waals surface area contributed by atoms with Gasteiger partial charge >= 0.3 is 0 Å². The number of para-hydroxylation sites is 1. The van der Waals surface area contributed by atoms with Crippen molar-refractivity contribution in [2.75, 3.05) is 30.9 Å². The summed E-state index contributed by atoms with van der Waals surface area (Å²) in [6, 6.07) is 32.1. The summed E-state index contributed by atoms with van der Waals surface area (Å²) in [5.41, 5.74) is 2.14. The van der Waals surface area contributed by atoms with Gasteiger partial charge in [-0.3, -0.25) is 0 Å². The van der Waals surface area contributed by atoms with Gasteiger partial charge in [0.15, 0.2) is 7.26 Å². The molecule has 3 heteroatoms. The van der Waals surface area contributed by atoms with E-state index in [0.717, 1.165) is 0 Å². The van der Waals surface area contributed by atoms with Crippen LogP contribution in [0, 0.1) is 0 Å². The van der Waals surface area contributed by atoms with Gasteiger partial charge < -0.3 is 4.90 Å². The number of anilines is 1. The predicted octanol–water partition coefficient (Wildman–Crippen LogP) is 4.77. The van der Waals surface area contributed by atoms with E-state index >= 15 is 0 Å². The van der Waals surface area contributed by atoms with E-state index in [9.17, 15) is 0 Å². The van der Waals surface area contributed by atoms with Gasteiger partial charge in [-0.15, -0.1) is 0 Å². The van der Waals surface area contributed by atoms with E-state index in [1.54, 1.807) is 15.9 Å². The molecule has 3 aromatic rings. The van der Waals surface area contributed by atoms with Gasteiger partial charge in [-0.25, -0.2) is 0 Å². The Balaban J connectivity index is 1.91. The van der Waals surface area contributed by atoms with Crippen molar-refractivity contribution in [1.29, 1.82) is 0 Å². The van der Waals surface area contributed by atoms with Gasteiger partial charge in [0.1, 0.15) is 15.9 Å². The van der Waals surface area contributed by atoms with Crippen LogP contribution in [0.3, 0.4) is 0 Å². The second-order valence-electron chi connectivity index (χ2n) is 8.28. The van der Waals surface area contributed by atoms with Gasteiger partial charge in [-0.05, 0) is 42.8 Å². The Kier molecular flexibility index (Phi) is 4.15. The Bertz CT molecular complexity index is 913. The molecule has 1 saturated heterocycles. The van der Waals surface area contributed by atoms with Gasteiger partial charge in [0.05, 0.1) is 32.4 Å². The third kappa shape index (κ3) is 2.45. The summed E-state index contributed by atoms with van der Waals surface area (Å²) in [6.07, 6.45) is 2.73. The smallest absolute Gasteiger partial charge is 0.254 e. The minimum absolute atomic E-state index is 0.640.